The number of amides is 2. The van der Waals surface area contributed by atoms with Crippen LogP contribution in [0.15, 0.2) is 35.7 Å². The number of thiophene rings is 1. The van der Waals surface area contributed by atoms with E-state index in [1.54, 1.807) is 47.0 Å². The number of aryl methyl sites for hydroxylation is 1. The lowest BCUT2D eigenvalue weighted by Gasteiger charge is -2.12. The van der Waals surface area contributed by atoms with Gasteiger partial charge in [0.1, 0.15) is 0 Å². The number of rotatable bonds is 4. The van der Waals surface area contributed by atoms with E-state index in [2.05, 4.69) is 5.32 Å². The molecule has 124 valence electrons. The summed E-state index contributed by atoms with van der Waals surface area (Å²) < 4.78 is 5.05. The van der Waals surface area contributed by atoms with Crippen molar-refractivity contribution in [2.45, 2.75) is 25.7 Å². The predicted molar refractivity (Wildman–Crippen MR) is 90.2 cm³/mol. The van der Waals surface area contributed by atoms with Gasteiger partial charge in [-0.15, -0.1) is 11.3 Å². The highest BCUT2D eigenvalue weighted by Gasteiger charge is 2.22. The van der Waals surface area contributed by atoms with Crippen LogP contribution in [0.4, 0.5) is 0 Å². The van der Waals surface area contributed by atoms with Crippen molar-refractivity contribution in [2.75, 3.05) is 6.61 Å². The Morgan fingerprint density at radius 3 is 2.62 bits per heavy atom. The first-order chi connectivity index (χ1) is 11.6. The van der Waals surface area contributed by atoms with Crippen molar-refractivity contribution in [2.24, 2.45) is 0 Å². The second-order valence-electron chi connectivity index (χ2n) is 5.58. The Hall–Kier alpha value is -2.47. The number of nitrogens with one attached hydrogen (secondary N) is 1. The summed E-state index contributed by atoms with van der Waals surface area (Å²) in [5.41, 5.74) is 1.98. The number of carbonyl (C=O) groups is 3. The molecule has 6 heteroatoms. The first kappa shape index (κ1) is 16.4. The van der Waals surface area contributed by atoms with Crippen molar-refractivity contribution in [1.82, 2.24) is 5.32 Å². The zero-order valence-electron chi connectivity index (χ0n) is 13.0. The summed E-state index contributed by atoms with van der Waals surface area (Å²) >= 11 is 1.57. The fourth-order valence-corrected chi connectivity index (χ4v) is 3.81. The second kappa shape index (κ2) is 7.40. The summed E-state index contributed by atoms with van der Waals surface area (Å²) in [6.07, 6.45) is 4.09. The minimum absolute atomic E-state index is 0.379. The molecule has 1 heterocycles. The topological polar surface area (TPSA) is 72.5 Å². The number of esters is 1. The maximum atomic E-state index is 12.2. The molecule has 1 aliphatic carbocycles. The zero-order chi connectivity index (χ0) is 16.9. The highest BCUT2D eigenvalue weighted by atomic mass is 32.1. The lowest BCUT2D eigenvalue weighted by Crippen LogP contribution is -2.34. The summed E-state index contributed by atoms with van der Waals surface area (Å²) in [6, 6.07) is 8.40. The zero-order valence-corrected chi connectivity index (χ0v) is 13.9. The Labute approximate surface area is 143 Å². The highest BCUT2D eigenvalue weighted by molar-refractivity contribution is 7.10. The molecule has 0 unspecified atom stereocenters. The van der Waals surface area contributed by atoms with E-state index in [-0.39, 0.29) is 0 Å². The van der Waals surface area contributed by atoms with E-state index >= 15 is 0 Å². The van der Waals surface area contributed by atoms with Gasteiger partial charge in [-0.3, -0.25) is 14.9 Å². The summed E-state index contributed by atoms with van der Waals surface area (Å²) in [5.74, 6) is -1.65. The van der Waals surface area contributed by atoms with Crippen molar-refractivity contribution < 1.29 is 19.1 Å². The summed E-state index contributed by atoms with van der Waals surface area (Å²) in [4.78, 5) is 37.0. The van der Waals surface area contributed by atoms with Gasteiger partial charge in [-0.25, -0.2) is 4.79 Å². The van der Waals surface area contributed by atoms with Crippen LogP contribution >= 0.6 is 11.3 Å². The minimum Gasteiger partial charge on any atom is -0.452 e. The van der Waals surface area contributed by atoms with E-state index in [0.29, 0.717) is 11.1 Å². The molecule has 0 atom stereocenters. The summed E-state index contributed by atoms with van der Waals surface area (Å²) in [5, 5.41) is 4.00. The van der Waals surface area contributed by atoms with E-state index in [1.807, 2.05) is 0 Å². The minimum atomic E-state index is -0.638. The van der Waals surface area contributed by atoms with Gasteiger partial charge in [0.05, 0.1) is 5.56 Å². The molecule has 1 aromatic carbocycles. The van der Waals surface area contributed by atoms with Crippen LogP contribution in [0.1, 0.15) is 44.0 Å². The molecule has 2 aromatic rings. The molecule has 0 bridgehead atoms. The molecular weight excluding hydrogens is 326 g/mol. The van der Waals surface area contributed by atoms with Crippen molar-refractivity contribution >= 4 is 29.1 Å². The van der Waals surface area contributed by atoms with Crippen molar-refractivity contribution in [3.63, 3.8) is 0 Å². The number of carbonyl (C=O) groups excluding carboxylic acids is 3. The van der Waals surface area contributed by atoms with E-state index in [1.165, 1.54) is 4.88 Å². The summed E-state index contributed by atoms with van der Waals surface area (Å²) in [7, 11) is 0. The molecule has 1 aliphatic rings. The molecule has 0 spiro atoms. The van der Waals surface area contributed by atoms with Gasteiger partial charge in [-0.1, -0.05) is 18.2 Å². The van der Waals surface area contributed by atoms with Crippen LogP contribution in [0.5, 0.6) is 0 Å². The molecular formula is C18H17NO4S. The number of benzene rings is 1. The van der Waals surface area contributed by atoms with Crippen molar-refractivity contribution in [1.29, 1.82) is 0 Å². The number of ether oxygens (including phenoxy) is 1. The number of hydrogen-bond acceptors (Lipinski definition) is 5. The van der Waals surface area contributed by atoms with Crippen LogP contribution in [0.2, 0.25) is 0 Å². The van der Waals surface area contributed by atoms with Crippen LogP contribution in [0.3, 0.4) is 0 Å². The van der Waals surface area contributed by atoms with Crippen LogP contribution in [0.25, 0.3) is 0 Å². The molecule has 0 aliphatic heterocycles. The first-order valence-corrected chi connectivity index (χ1v) is 8.68. The van der Waals surface area contributed by atoms with Gasteiger partial charge in [-0.2, -0.15) is 0 Å². The van der Waals surface area contributed by atoms with Gasteiger partial charge >= 0.3 is 5.97 Å². The van der Waals surface area contributed by atoms with Crippen molar-refractivity contribution in [3.8, 4) is 0 Å². The van der Waals surface area contributed by atoms with E-state index < -0.39 is 24.4 Å². The van der Waals surface area contributed by atoms with Crippen molar-refractivity contribution in [3.05, 3.63) is 57.3 Å². The Kier molecular flexibility index (Phi) is 5.05. The number of hydrogen-bond donors (Lipinski definition) is 1. The average molecular weight is 343 g/mol. The van der Waals surface area contributed by atoms with E-state index in [0.717, 1.165) is 31.2 Å². The standard InChI is InChI=1S/C18H17NO4S/c20-16(19-17(21)12-6-2-1-3-7-12)10-23-18(22)14-11-24-15-9-5-4-8-13(14)15/h1-3,6-7,11H,4-5,8-10H2,(H,19,20,21). The van der Waals surface area contributed by atoms with Gasteiger partial charge in [0, 0.05) is 15.8 Å². The molecule has 1 N–H and O–H groups in total. The molecule has 5 nitrogen and oxygen atoms in total. The van der Waals surface area contributed by atoms with Crippen LogP contribution in [0, 0.1) is 0 Å². The Morgan fingerprint density at radius 1 is 1.08 bits per heavy atom. The molecule has 24 heavy (non-hydrogen) atoms. The highest BCUT2D eigenvalue weighted by Crippen LogP contribution is 2.30. The van der Waals surface area contributed by atoms with Gasteiger partial charge in [-0.05, 0) is 43.4 Å². The van der Waals surface area contributed by atoms with Gasteiger partial charge in [0.15, 0.2) is 6.61 Å². The fraction of sp³-hybridized carbons (Fsp3) is 0.278. The predicted octanol–water partition coefficient (Wildman–Crippen LogP) is 2.74. The SMILES string of the molecule is O=C(COC(=O)c1csc2c1CCCC2)NC(=O)c1ccccc1. The van der Waals surface area contributed by atoms with E-state index in [9.17, 15) is 14.4 Å². The second-order valence-corrected chi connectivity index (χ2v) is 6.54. The molecule has 3 rings (SSSR count). The molecule has 0 fully saturated rings. The third-order valence-corrected chi connectivity index (χ3v) is 4.99. The maximum Gasteiger partial charge on any atom is 0.339 e. The van der Waals surface area contributed by atoms with Crippen LogP contribution in [-0.4, -0.2) is 24.4 Å². The molecule has 0 radical (unpaired) electrons. The molecule has 0 saturated carbocycles. The molecule has 1 aromatic heterocycles. The third-order valence-electron chi connectivity index (χ3n) is 3.90. The summed E-state index contributed by atoms with van der Waals surface area (Å²) in [6.45, 7) is -0.470. The average Bonchev–Trinajstić information content (AvgIpc) is 3.04. The van der Waals surface area contributed by atoms with E-state index in [4.69, 9.17) is 4.74 Å². The van der Waals surface area contributed by atoms with Crippen LogP contribution < -0.4 is 5.32 Å². The fourth-order valence-electron chi connectivity index (χ4n) is 2.70. The number of fused-ring (bicyclic) bond motifs is 1. The quantitative estimate of drug-likeness (QED) is 0.867. The Bertz CT molecular complexity index is 767. The molecule has 2 amide bonds. The smallest absolute Gasteiger partial charge is 0.339 e. The van der Waals surface area contributed by atoms with Gasteiger partial charge in [0.25, 0.3) is 11.8 Å². The monoisotopic (exact) mass is 343 g/mol. The lowest BCUT2D eigenvalue weighted by molar-refractivity contribution is -0.123. The Balaban J connectivity index is 1.54. The normalized spacial score (nSPS) is 13.0. The van der Waals surface area contributed by atoms with Gasteiger partial charge < -0.3 is 4.74 Å². The first-order valence-electron chi connectivity index (χ1n) is 7.81. The lowest BCUT2D eigenvalue weighted by atomic mass is 9.96. The maximum absolute atomic E-state index is 12.2. The largest absolute Gasteiger partial charge is 0.452 e. The molecule has 0 saturated heterocycles. The Morgan fingerprint density at radius 2 is 1.83 bits per heavy atom. The van der Waals surface area contributed by atoms with Gasteiger partial charge in [0.2, 0.25) is 0 Å². The van der Waals surface area contributed by atoms with Crippen LogP contribution in [-0.2, 0) is 22.4 Å². The number of imide groups is 1. The third kappa shape index (κ3) is 3.71.